The van der Waals surface area contributed by atoms with E-state index in [-0.39, 0.29) is 5.97 Å². The molecule has 1 rings (SSSR count). The van der Waals surface area contributed by atoms with E-state index in [2.05, 4.69) is 47.2 Å². The van der Waals surface area contributed by atoms with Crippen LogP contribution in [0.5, 0.6) is 0 Å². The minimum atomic E-state index is -0.0837. The maximum absolute atomic E-state index is 11.2. The van der Waals surface area contributed by atoms with Crippen molar-refractivity contribution in [3.8, 4) is 0 Å². The summed E-state index contributed by atoms with van der Waals surface area (Å²) in [5.41, 5.74) is 3.65. The van der Waals surface area contributed by atoms with Crippen molar-refractivity contribution in [2.75, 3.05) is 18.5 Å². The Hall–Kier alpha value is -1.03. The van der Waals surface area contributed by atoms with Gasteiger partial charge in [0.15, 0.2) is 0 Å². The van der Waals surface area contributed by atoms with Crippen LogP contribution in [0.1, 0.15) is 43.7 Å². The molecular weight excluding hydrogens is 318 g/mol. The molecule has 0 fully saturated rings. The normalized spacial score (nSPS) is 10.4. The predicted octanol–water partition coefficient (Wildman–Crippen LogP) is 4.60. The molecule has 0 amide bonds. The van der Waals surface area contributed by atoms with Crippen LogP contribution in [0.3, 0.4) is 0 Å². The summed E-state index contributed by atoms with van der Waals surface area (Å²) in [6, 6.07) is 4.30. The molecule has 4 heteroatoms. The molecule has 0 spiro atoms. The Kier molecular flexibility index (Phi) is 7.67. The largest absolute Gasteiger partial charge is 0.466 e. The average Bonchev–Trinajstić information content (AvgIpc) is 2.40. The lowest BCUT2D eigenvalue weighted by Gasteiger charge is -2.10. The molecule has 0 heterocycles. The lowest BCUT2D eigenvalue weighted by molar-refractivity contribution is -0.143. The van der Waals surface area contributed by atoms with E-state index in [0.717, 1.165) is 31.5 Å². The van der Waals surface area contributed by atoms with Gasteiger partial charge in [-0.1, -0.05) is 22.4 Å². The number of ether oxygens (including phenoxy) is 1. The summed E-state index contributed by atoms with van der Waals surface area (Å²) in [6.45, 7) is 7.44. The zero-order chi connectivity index (χ0) is 15.0. The summed E-state index contributed by atoms with van der Waals surface area (Å²) < 4.78 is 6.07. The highest BCUT2D eigenvalue weighted by atomic mass is 79.9. The van der Waals surface area contributed by atoms with Gasteiger partial charge in [-0.05, 0) is 56.9 Å². The Morgan fingerprint density at radius 1 is 1.20 bits per heavy atom. The molecule has 1 aromatic carbocycles. The number of aryl methyl sites for hydroxylation is 2. The van der Waals surface area contributed by atoms with Gasteiger partial charge in [-0.3, -0.25) is 4.79 Å². The number of halogens is 1. The fraction of sp³-hybridized carbons (Fsp3) is 0.562. The van der Waals surface area contributed by atoms with Crippen molar-refractivity contribution in [3.63, 3.8) is 0 Å². The minimum Gasteiger partial charge on any atom is -0.466 e. The second kappa shape index (κ2) is 9.01. The highest BCUT2D eigenvalue weighted by molar-refractivity contribution is 9.10. The van der Waals surface area contributed by atoms with Gasteiger partial charge in [-0.25, -0.2) is 0 Å². The Morgan fingerprint density at radius 3 is 2.45 bits per heavy atom. The third-order valence-electron chi connectivity index (χ3n) is 3.13. The minimum absolute atomic E-state index is 0.0837. The predicted molar refractivity (Wildman–Crippen MR) is 87.2 cm³/mol. The van der Waals surface area contributed by atoms with Gasteiger partial charge in [-0.15, -0.1) is 0 Å². The lowest BCUT2D eigenvalue weighted by Crippen LogP contribution is -2.05. The lowest BCUT2D eigenvalue weighted by atomic mass is 10.1. The molecule has 0 atom stereocenters. The SMILES string of the molecule is CCOC(=O)CCCCCNc1cc(C)c(Br)c(C)c1. The molecule has 20 heavy (non-hydrogen) atoms. The molecule has 0 saturated heterocycles. The summed E-state index contributed by atoms with van der Waals surface area (Å²) in [4.78, 5) is 11.2. The maximum Gasteiger partial charge on any atom is 0.305 e. The summed E-state index contributed by atoms with van der Waals surface area (Å²) in [5.74, 6) is -0.0837. The fourth-order valence-corrected chi connectivity index (χ4v) is 2.31. The summed E-state index contributed by atoms with van der Waals surface area (Å²) in [5, 5.41) is 3.43. The van der Waals surface area contributed by atoms with Crippen LogP contribution in [0.15, 0.2) is 16.6 Å². The molecule has 112 valence electrons. The molecule has 0 unspecified atom stereocenters. The summed E-state index contributed by atoms with van der Waals surface area (Å²) >= 11 is 3.57. The number of carbonyl (C=O) groups is 1. The Morgan fingerprint density at radius 2 is 1.85 bits per heavy atom. The van der Waals surface area contributed by atoms with E-state index < -0.39 is 0 Å². The summed E-state index contributed by atoms with van der Waals surface area (Å²) in [6.07, 6.45) is 3.54. The van der Waals surface area contributed by atoms with Crippen LogP contribution in [0, 0.1) is 13.8 Å². The fourth-order valence-electron chi connectivity index (χ4n) is 2.08. The number of hydrogen-bond acceptors (Lipinski definition) is 3. The standard InChI is InChI=1S/C16H24BrNO2/c1-4-20-15(19)8-6-5-7-9-18-14-10-12(2)16(17)13(3)11-14/h10-11,18H,4-9H2,1-3H3. The van der Waals surface area contributed by atoms with Crippen LogP contribution in [0.25, 0.3) is 0 Å². The number of anilines is 1. The maximum atomic E-state index is 11.2. The monoisotopic (exact) mass is 341 g/mol. The number of benzene rings is 1. The number of nitrogens with one attached hydrogen (secondary N) is 1. The van der Waals surface area contributed by atoms with E-state index in [0.29, 0.717) is 13.0 Å². The van der Waals surface area contributed by atoms with Crippen molar-refractivity contribution < 1.29 is 9.53 Å². The van der Waals surface area contributed by atoms with Gasteiger partial charge in [0.2, 0.25) is 0 Å². The topological polar surface area (TPSA) is 38.3 Å². The molecule has 0 radical (unpaired) electrons. The second-order valence-electron chi connectivity index (χ2n) is 4.97. The Balaban J connectivity index is 2.20. The van der Waals surface area contributed by atoms with E-state index in [9.17, 15) is 4.79 Å². The van der Waals surface area contributed by atoms with Crippen LogP contribution < -0.4 is 5.32 Å². The average molecular weight is 342 g/mol. The van der Waals surface area contributed by atoms with E-state index in [1.54, 1.807) is 0 Å². The zero-order valence-electron chi connectivity index (χ0n) is 12.6. The van der Waals surface area contributed by atoms with Crippen molar-refractivity contribution in [2.24, 2.45) is 0 Å². The van der Waals surface area contributed by atoms with Crippen molar-refractivity contribution >= 4 is 27.6 Å². The first-order valence-corrected chi connectivity index (χ1v) is 8.00. The second-order valence-corrected chi connectivity index (χ2v) is 5.76. The van der Waals surface area contributed by atoms with Crippen molar-refractivity contribution in [3.05, 3.63) is 27.7 Å². The smallest absolute Gasteiger partial charge is 0.305 e. The van der Waals surface area contributed by atoms with Crippen molar-refractivity contribution in [2.45, 2.75) is 46.5 Å². The molecule has 1 N–H and O–H groups in total. The van der Waals surface area contributed by atoms with E-state index >= 15 is 0 Å². The van der Waals surface area contributed by atoms with Gasteiger partial charge < -0.3 is 10.1 Å². The van der Waals surface area contributed by atoms with E-state index in [1.807, 2.05) is 6.92 Å². The Bertz CT molecular complexity index is 423. The van der Waals surface area contributed by atoms with Crippen LogP contribution in [-0.4, -0.2) is 19.1 Å². The first-order chi connectivity index (χ1) is 9.54. The number of rotatable bonds is 8. The number of unbranched alkanes of at least 4 members (excludes halogenated alkanes) is 2. The van der Waals surface area contributed by atoms with Gasteiger partial charge >= 0.3 is 5.97 Å². The van der Waals surface area contributed by atoms with Crippen LogP contribution in [-0.2, 0) is 9.53 Å². The quantitative estimate of drug-likeness (QED) is 0.554. The first kappa shape index (κ1) is 17.0. The van der Waals surface area contributed by atoms with Gasteiger partial charge in [0.05, 0.1) is 6.61 Å². The molecular formula is C16H24BrNO2. The van der Waals surface area contributed by atoms with E-state index in [4.69, 9.17) is 4.74 Å². The van der Waals surface area contributed by atoms with E-state index in [1.165, 1.54) is 15.6 Å². The van der Waals surface area contributed by atoms with Gasteiger partial charge in [0.25, 0.3) is 0 Å². The Labute approximate surface area is 130 Å². The molecule has 0 saturated carbocycles. The van der Waals surface area contributed by atoms with Gasteiger partial charge in [-0.2, -0.15) is 0 Å². The van der Waals surface area contributed by atoms with Crippen LogP contribution in [0.4, 0.5) is 5.69 Å². The van der Waals surface area contributed by atoms with Gasteiger partial charge in [0, 0.05) is 23.1 Å². The number of hydrogen-bond donors (Lipinski definition) is 1. The van der Waals surface area contributed by atoms with Crippen LogP contribution >= 0.6 is 15.9 Å². The molecule has 0 aliphatic carbocycles. The van der Waals surface area contributed by atoms with Crippen molar-refractivity contribution in [1.82, 2.24) is 0 Å². The molecule has 1 aromatic rings. The molecule has 3 nitrogen and oxygen atoms in total. The van der Waals surface area contributed by atoms with Crippen molar-refractivity contribution in [1.29, 1.82) is 0 Å². The van der Waals surface area contributed by atoms with Crippen LogP contribution in [0.2, 0.25) is 0 Å². The highest BCUT2D eigenvalue weighted by Gasteiger charge is 2.03. The molecule has 0 aliphatic rings. The van der Waals surface area contributed by atoms with Gasteiger partial charge in [0.1, 0.15) is 0 Å². The summed E-state index contributed by atoms with van der Waals surface area (Å²) in [7, 11) is 0. The number of esters is 1. The zero-order valence-corrected chi connectivity index (χ0v) is 14.2. The number of carbonyl (C=O) groups excluding carboxylic acids is 1. The highest BCUT2D eigenvalue weighted by Crippen LogP contribution is 2.24. The first-order valence-electron chi connectivity index (χ1n) is 7.20. The molecule has 0 aromatic heterocycles. The third-order valence-corrected chi connectivity index (χ3v) is 4.38. The third kappa shape index (κ3) is 5.95. The molecule has 0 bridgehead atoms. The molecule has 0 aliphatic heterocycles.